The Kier molecular flexibility index (Phi) is 7.32. The number of nitriles is 1. The number of aliphatic hydroxyl groups is 1. The Bertz CT molecular complexity index is 1560. The van der Waals surface area contributed by atoms with Gasteiger partial charge in [-0.15, -0.1) is 0 Å². The van der Waals surface area contributed by atoms with E-state index in [-0.39, 0.29) is 12.1 Å². The minimum Gasteiger partial charge on any atom is -0.490 e. The average molecular weight is 506 g/mol. The van der Waals surface area contributed by atoms with Crippen molar-refractivity contribution in [2.75, 3.05) is 13.2 Å². The standard InChI is InChI=1S/C32H31N3O3/c1-32(2,18-22-10-14-25(15-11-22)38-26-16-12-23(19-33)13-17-26)34-20-24(36)21-37-30-9-5-8-29-31(30)27-6-3-4-7-28(27)35-29/h3-17,24,34-36H,18,20-21H2,1-2H3. The first-order chi connectivity index (χ1) is 18.4. The number of aromatic amines is 1. The number of fused-ring (bicyclic) bond motifs is 3. The lowest BCUT2D eigenvalue weighted by Gasteiger charge is -2.28. The fraction of sp³-hybridized carbons (Fsp3) is 0.219. The van der Waals surface area contributed by atoms with Gasteiger partial charge in [-0.1, -0.05) is 36.4 Å². The number of nitrogens with zero attached hydrogens (tertiary/aromatic N) is 1. The van der Waals surface area contributed by atoms with Crippen molar-refractivity contribution in [2.24, 2.45) is 0 Å². The van der Waals surface area contributed by atoms with Gasteiger partial charge in [0.25, 0.3) is 0 Å². The molecule has 0 spiro atoms. The summed E-state index contributed by atoms with van der Waals surface area (Å²) in [4.78, 5) is 3.42. The van der Waals surface area contributed by atoms with Crippen molar-refractivity contribution in [2.45, 2.75) is 31.9 Å². The molecule has 5 aromatic rings. The Morgan fingerprint density at radius 2 is 1.58 bits per heavy atom. The zero-order valence-electron chi connectivity index (χ0n) is 21.6. The van der Waals surface area contributed by atoms with Gasteiger partial charge in [-0.25, -0.2) is 0 Å². The van der Waals surface area contributed by atoms with Crippen molar-refractivity contribution in [3.05, 3.63) is 102 Å². The number of rotatable bonds is 10. The van der Waals surface area contributed by atoms with Gasteiger partial charge in [0.05, 0.1) is 17.1 Å². The van der Waals surface area contributed by atoms with Gasteiger partial charge < -0.3 is 24.9 Å². The van der Waals surface area contributed by atoms with Gasteiger partial charge in [0.15, 0.2) is 0 Å². The van der Waals surface area contributed by atoms with Crippen LogP contribution in [-0.2, 0) is 6.42 Å². The summed E-state index contributed by atoms with van der Waals surface area (Å²) in [5.41, 5.74) is 3.62. The quantitative estimate of drug-likeness (QED) is 0.206. The number of aromatic nitrogens is 1. The molecular weight excluding hydrogens is 474 g/mol. The van der Waals surface area contributed by atoms with Gasteiger partial charge in [-0.3, -0.25) is 0 Å². The van der Waals surface area contributed by atoms with Gasteiger partial charge in [-0.2, -0.15) is 5.26 Å². The van der Waals surface area contributed by atoms with Gasteiger partial charge in [0, 0.05) is 28.4 Å². The maximum atomic E-state index is 10.7. The summed E-state index contributed by atoms with van der Waals surface area (Å²) in [5, 5.41) is 25.2. The number of β-amino-alcohol motifs (C(OH)–C–C–N with tert-alkyl or cyclic N) is 1. The number of aliphatic hydroxyl groups excluding tert-OH is 1. The molecule has 1 aromatic heterocycles. The van der Waals surface area contributed by atoms with E-state index in [4.69, 9.17) is 14.7 Å². The largest absolute Gasteiger partial charge is 0.490 e. The van der Waals surface area contributed by atoms with Crippen LogP contribution in [0.1, 0.15) is 25.0 Å². The fourth-order valence-electron chi connectivity index (χ4n) is 4.61. The van der Waals surface area contributed by atoms with E-state index >= 15 is 0 Å². The molecule has 0 fully saturated rings. The number of hydrogen-bond donors (Lipinski definition) is 3. The second kappa shape index (κ2) is 11.0. The molecule has 0 radical (unpaired) electrons. The highest BCUT2D eigenvalue weighted by Gasteiger charge is 2.20. The lowest BCUT2D eigenvalue weighted by Crippen LogP contribution is -2.46. The number of H-pyrrole nitrogens is 1. The highest BCUT2D eigenvalue weighted by Crippen LogP contribution is 2.33. The van der Waals surface area contributed by atoms with Crippen molar-refractivity contribution in [3.63, 3.8) is 0 Å². The first kappa shape index (κ1) is 25.3. The Hall–Kier alpha value is -4.31. The van der Waals surface area contributed by atoms with Crippen LogP contribution in [0.3, 0.4) is 0 Å². The third kappa shape index (κ3) is 5.97. The minimum atomic E-state index is -0.655. The summed E-state index contributed by atoms with van der Waals surface area (Å²) < 4.78 is 11.9. The van der Waals surface area contributed by atoms with Crippen molar-refractivity contribution in [3.8, 4) is 23.3 Å². The maximum Gasteiger partial charge on any atom is 0.129 e. The van der Waals surface area contributed by atoms with E-state index in [1.807, 2.05) is 54.6 Å². The van der Waals surface area contributed by atoms with Gasteiger partial charge in [0.2, 0.25) is 0 Å². The fourth-order valence-corrected chi connectivity index (χ4v) is 4.61. The number of ether oxygens (including phenoxy) is 2. The molecule has 1 unspecified atom stereocenters. The van der Waals surface area contributed by atoms with Crippen LogP contribution in [0.15, 0.2) is 91.0 Å². The summed E-state index contributed by atoms with van der Waals surface area (Å²) in [7, 11) is 0. The Morgan fingerprint density at radius 3 is 2.32 bits per heavy atom. The van der Waals surface area contributed by atoms with Gasteiger partial charge >= 0.3 is 0 Å². The lowest BCUT2D eigenvalue weighted by atomic mass is 9.94. The summed E-state index contributed by atoms with van der Waals surface area (Å²) in [6, 6.07) is 31.2. The van der Waals surface area contributed by atoms with Crippen molar-refractivity contribution < 1.29 is 14.6 Å². The Morgan fingerprint density at radius 1 is 0.895 bits per heavy atom. The molecule has 0 aliphatic carbocycles. The lowest BCUT2D eigenvalue weighted by molar-refractivity contribution is 0.0996. The zero-order chi connectivity index (χ0) is 26.5. The third-order valence-corrected chi connectivity index (χ3v) is 6.53. The maximum absolute atomic E-state index is 10.7. The van der Waals surface area contributed by atoms with Crippen LogP contribution in [0.2, 0.25) is 0 Å². The Labute approximate surface area is 222 Å². The van der Waals surface area contributed by atoms with Crippen LogP contribution in [0.5, 0.6) is 17.2 Å². The van der Waals surface area contributed by atoms with Crippen LogP contribution in [-0.4, -0.2) is 34.9 Å². The number of para-hydroxylation sites is 1. The van der Waals surface area contributed by atoms with E-state index < -0.39 is 6.10 Å². The second-order valence-electron chi connectivity index (χ2n) is 10.1. The molecule has 1 atom stereocenters. The minimum absolute atomic E-state index is 0.198. The van der Waals surface area contributed by atoms with Crippen LogP contribution in [0.25, 0.3) is 21.8 Å². The second-order valence-corrected chi connectivity index (χ2v) is 10.1. The van der Waals surface area contributed by atoms with Gasteiger partial charge in [0.1, 0.15) is 30.0 Å². The molecule has 0 aliphatic rings. The SMILES string of the molecule is CC(C)(Cc1ccc(Oc2ccc(C#N)cc2)cc1)NCC(O)COc1cccc2[nH]c3ccccc3c12. The van der Waals surface area contributed by atoms with Crippen LogP contribution < -0.4 is 14.8 Å². The molecule has 0 aliphatic heterocycles. The van der Waals surface area contributed by atoms with Crippen LogP contribution in [0, 0.1) is 11.3 Å². The van der Waals surface area contributed by atoms with Crippen LogP contribution >= 0.6 is 0 Å². The number of nitrogens with one attached hydrogen (secondary N) is 2. The van der Waals surface area contributed by atoms with E-state index in [1.165, 1.54) is 0 Å². The highest BCUT2D eigenvalue weighted by atomic mass is 16.5. The molecule has 5 rings (SSSR count). The average Bonchev–Trinajstić information content (AvgIpc) is 3.31. The van der Waals surface area contributed by atoms with E-state index in [0.29, 0.717) is 17.9 Å². The molecule has 1 heterocycles. The zero-order valence-corrected chi connectivity index (χ0v) is 21.6. The molecule has 0 amide bonds. The summed E-state index contributed by atoms with van der Waals surface area (Å²) in [5.74, 6) is 2.19. The summed E-state index contributed by atoms with van der Waals surface area (Å²) in [6.07, 6.45) is 0.129. The monoisotopic (exact) mass is 505 g/mol. The third-order valence-electron chi connectivity index (χ3n) is 6.53. The topological polar surface area (TPSA) is 90.3 Å². The first-order valence-electron chi connectivity index (χ1n) is 12.7. The van der Waals surface area contributed by atoms with Crippen molar-refractivity contribution in [1.29, 1.82) is 5.26 Å². The normalized spacial score (nSPS) is 12.4. The van der Waals surface area contributed by atoms with Crippen LogP contribution in [0.4, 0.5) is 0 Å². The molecular formula is C32H31N3O3. The number of benzene rings is 4. The van der Waals surface area contributed by atoms with E-state index in [0.717, 1.165) is 45.3 Å². The molecule has 6 nitrogen and oxygen atoms in total. The van der Waals surface area contributed by atoms with Crippen molar-refractivity contribution >= 4 is 21.8 Å². The molecule has 4 aromatic carbocycles. The Balaban J connectivity index is 1.13. The summed E-state index contributed by atoms with van der Waals surface area (Å²) in [6.45, 7) is 4.85. The van der Waals surface area contributed by atoms with E-state index in [1.54, 1.807) is 24.3 Å². The molecule has 0 saturated carbocycles. The van der Waals surface area contributed by atoms with E-state index in [2.05, 4.69) is 42.4 Å². The molecule has 3 N–H and O–H groups in total. The molecule has 6 heteroatoms. The van der Waals surface area contributed by atoms with Gasteiger partial charge in [-0.05, 0) is 80.4 Å². The number of hydrogen-bond acceptors (Lipinski definition) is 5. The predicted molar refractivity (Wildman–Crippen MR) is 151 cm³/mol. The molecule has 38 heavy (non-hydrogen) atoms. The summed E-state index contributed by atoms with van der Waals surface area (Å²) >= 11 is 0. The highest BCUT2D eigenvalue weighted by molar-refractivity contribution is 6.10. The van der Waals surface area contributed by atoms with E-state index in [9.17, 15) is 5.11 Å². The predicted octanol–water partition coefficient (Wildman–Crippen LogP) is 6.34. The smallest absolute Gasteiger partial charge is 0.129 e. The first-order valence-corrected chi connectivity index (χ1v) is 12.7. The van der Waals surface area contributed by atoms with Crippen molar-refractivity contribution in [1.82, 2.24) is 10.3 Å². The molecule has 192 valence electrons. The molecule has 0 bridgehead atoms. The molecule has 0 saturated heterocycles.